The lowest BCUT2D eigenvalue weighted by molar-refractivity contribution is -0.144. The van der Waals surface area contributed by atoms with E-state index in [1.54, 1.807) is 28.3 Å². The van der Waals surface area contributed by atoms with Crippen molar-refractivity contribution in [3.05, 3.63) is 95.0 Å². The van der Waals surface area contributed by atoms with Gasteiger partial charge in [-0.1, -0.05) is 77.1 Å². The van der Waals surface area contributed by atoms with Crippen molar-refractivity contribution in [1.29, 1.82) is 0 Å². The number of aromatic amines is 1. The number of H-pyrrole nitrogens is 1. The van der Waals surface area contributed by atoms with E-state index in [0.29, 0.717) is 49.5 Å². The van der Waals surface area contributed by atoms with Gasteiger partial charge in [-0.3, -0.25) is 33.6 Å². The van der Waals surface area contributed by atoms with Gasteiger partial charge < -0.3 is 36.3 Å². The number of carbonyl (C=O) groups excluding carboxylic acids is 5. The van der Waals surface area contributed by atoms with Gasteiger partial charge in [0, 0.05) is 69.1 Å². The highest BCUT2D eigenvalue weighted by molar-refractivity contribution is 7.13. The molecule has 3 aromatic carbocycles. The van der Waals surface area contributed by atoms with Crippen LogP contribution in [0, 0.1) is 18.3 Å². The molecule has 0 radical (unpaired) electrons. The van der Waals surface area contributed by atoms with Gasteiger partial charge in [-0.25, -0.2) is 9.97 Å². The molecule has 17 nitrogen and oxygen atoms in total. The van der Waals surface area contributed by atoms with Crippen molar-refractivity contribution in [1.82, 2.24) is 50.5 Å². The van der Waals surface area contributed by atoms with Crippen LogP contribution in [-0.2, 0) is 39.3 Å². The Labute approximate surface area is 437 Å². The molecule has 2 aliphatic heterocycles. The first-order chi connectivity index (χ1) is 35.6. The summed E-state index contributed by atoms with van der Waals surface area (Å²) in [6, 6.07) is 17.5. The lowest BCUT2D eigenvalue weighted by atomic mass is 9.85. The van der Waals surface area contributed by atoms with E-state index in [9.17, 15) is 29.1 Å². The molecular weight excluding hydrogens is 955 g/mol. The van der Waals surface area contributed by atoms with Gasteiger partial charge in [-0.15, -0.1) is 11.3 Å². The van der Waals surface area contributed by atoms with E-state index in [1.807, 2.05) is 94.9 Å². The number of aromatic nitrogens is 5. The fourth-order valence-electron chi connectivity index (χ4n) is 10.2. The van der Waals surface area contributed by atoms with Crippen LogP contribution >= 0.6 is 11.3 Å². The predicted octanol–water partition coefficient (Wildman–Crippen LogP) is 7.78. The number of nitrogens with one attached hydrogen (secondary N) is 5. The number of aliphatic hydroxyl groups excluding tert-OH is 1. The maximum absolute atomic E-state index is 14.0. The number of carbonyl (C=O) groups is 5. The fraction of sp³-hybridized carbons (Fsp3) is 0.500. The van der Waals surface area contributed by atoms with Gasteiger partial charge in [0.2, 0.25) is 23.6 Å². The molecule has 0 saturated carbocycles. The fourth-order valence-corrected chi connectivity index (χ4v) is 11.0. The summed E-state index contributed by atoms with van der Waals surface area (Å²) in [5, 5.41) is 27.8. The molecule has 0 bridgehead atoms. The molecule has 4 atom stereocenters. The SMILES string of the molecule is Cc1ncsc1-c1ccc(CNC(=O)[C@@H]2C[C@@H](O)CN2C(=O)[C@@H](NC(=O)CCCCCCCCCC(=O)NCCC2CCN(Cc3nc4cc(NC(=O)c5ccc6c(cnn6C)c5)ccc4[nH]3)C2)C(C)(C)C)cc1. The van der Waals surface area contributed by atoms with Crippen LogP contribution in [0.25, 0.3) is 32.4 Å². The van der Waals surface area contributed by atoms with Crippen molar-refractivity contribution < 1.29 is 29.1 Å². The Morgan fingerprint density at radius 2 is 1.64 bits per heavy atom. The van der Waals surface area contributed by atoms with E-state index in [2.05, 4.69) is 41.2 Å². The van der Waals surface area contributed by atoms with Crippen LogP contribution in [0.4, 0.5) is 5.69 Å². The Morgan fingerprint density at radius 1 is 0.892 bits per heavy atom. The zero-order valence-electron chi connectivity index (χ0n) is 43.5. The van der Waals surface area contributed by atoms with E-state index >= 15 is 0 Å². The highest BCUT2D eigenvalue weighted by Crippen LogP contribution is 2.29. The second-order valence-corrected chi connectivity index (χ2v) is 22.2. The third-order valence-corrected chi connectivity index (χ3v) is 15.4. The molecule has 5 heterocycles. The third-order valence-electron chi connectivity index (χ3n) is 14.4. The van der Waals surface area contributed by atoms with Crippen LogP contribution in [-0.4, -0.2) is 114 Å². The van der Waals surface area contributed by atoms with Crippen LogP contribution in [0.3, 0.4) is 0 Å². The number of likely N-dealkylation sites (tertiary alicyclic amines) is 2. The molecule has 0 spiro atoms. The van der Waals surface area contributed by atoms with E-state index < -0.39 is 23.6 Å². The van der Waals surface area contributed by atoms with Crippen molar-refractivity contribution in [2.45, 2.75) is 136 Å². The van der Waals surface area contributed by atoms with Crippen molar-refractivity contribution >= 4 is 68.5 Å². The molecule has 6 N–H and O–H groups in total. The zero-order chi connectivity index (χ0) is 52.4. The summed E-state index contributed by atoms with van der Waals surface area (Å²) >= 11 is 1.58. The van der Waals surface area contributed by atoms with Gasteiger partial charge in [0.05, 0.1) is 51.5 Å². The molecule has 2 saturated heterocycles. The number of benzene rings is 3. The molecule has 394 valence electrons. The molecule has 2 fully saturated rings. The topological polar surface area (TPSA) is 220 Å². The van der Waals surface area contributed by atoms with Crippen molar-refractivity contribution in [3.8, 4) is 10.4 Å². The molecule has 1 unspecified atom stereocenters. The summed E-state index contributed by atoms with van der Waals surface area (Å²) in [5.41, 5.74) is 8.10. The van der Waals surface area contributed by atoms with Crippen LogP contribution in [0.1, 0.15) is 125 Å². The number of fused-ring (bicyclic) bond motifs is 2. The minimum Gasteiger partial charge on any atom is -0.391 e. The number of thiazole rings is 1. The molecule has 18 heteroatoms. The molecule has 8 rings (SSSR count). The van der Waals surface area contributed by atoms with Gasteiger partial charge in [0.1, 0.15) is 17.9 Å². The number of nitrogens with zero attached hydrogens (tertiary/aromatic N) is 6. The Morgan fingerprint density at radius 3 is 2.36 bits per heavy atom. The van der Waals surface area contributed by atoms with Crippen molar-refractivity contribution in [2.75, 3.05) is 31.5 Å². The molecule has 74 heavy (non-hydrogen) atoms. The average molecular weight is 1030 g/mol. The van der Waals surface area contributed by atoms with E-state index in [0.717, 1.165) is 114 Å². The number of hydrogen-bond acceptors (Lipinski definition) is 11. The number of rotatable bonds is 23. The lowest BCUT2D eigenvalue weighted by Gasteiger charge is -2.35. The summed E-state index contributed by atoms with van der Waals surface area (Å²) in [4.78, 5) is 83.8. The number of hydrogen-bond donors (Lipinski definition) is 6. The number of anilines is 1. The van der Waals surface area contributed by atoms with Crippen LogP contribution < -0.4 is 21.3 Å². The first kappa shape index (κ1) is 53.8. The number of aryl methyl sites for hydroxylation is 2. The van der Waals surface area contributed by atoms with Gasteiger partial charge in [0.15, 0.2) is 0 Å². The smallest absolute Gasteiger partial charge is 0.255 e. The van der Waals surface area contributed by atoms with Crippen molar-refractivity contribution in [3.63, 3.8) is 0 Å². The molecule has 6 aromatic rings. The standard InChI is InChI=1S/C56H73N11O6S/c1-36-51(74-35-59-36)39-17-15-37(16-18-39)30-58-54(72)47-29-43(68)33-67(47)55(73)52(56(2,3)4)64-50(70)14-12-10-8-6-7-9-11-13-49(69)57-25-23-38-24-26-66(32-38)34-48-62-44-21-20-42(28-45(44)63-48)61-53(71)40-19-22-46-41(27-40)31-60-65(46)5/h15-22,27-28,31,35,38,43,47,52,68H,6-14,23-26,29-30,32-34H2,1-5H3,(H,57,69)(H,58,72)(H,61,71)(H,62,63)(H,64,70)/t38?,43-,47+,52-/m1/s1. The summed E-state index contributed by atoms with van der Waals surface area (Å²) in [5.74, 6) is 0.415. The Hall–Kier alpha value is -6.50. The number of amides is 5. The number of unbranched alkanes of at least 4 members (excludes halogenated alkanes) is 6. The van der Waals surface area contributed by atoms with Crippen LogP contribution in [0.15, 0.2) is 72.4 Å². The maximum Gasteiger partial charge on any atom is 0.255 e. The predicted molar refractivity (Wildman–Crippen MR) is 289 cm³/mol. The molecule has 5 amide bonds. The van der Waals surface area contributed by atoms with Crippen LogP contribution in [0.5, 0.6) is 0 Å². The number of aliphatic hydroxyl groups is 1. The van der Waals surface area contributed by atoms with E-state index in [-0.39, 0.29) is 49.0 Å². The minimum absolute atomic E-state index is 0.0295. The molecule has 2 aliphatic rings. The molecule has 3 aromatic heterocycles. The van der Waals surface area contributed by atoms with E-state index in [4.69, 9.17) is 4.98 Å². The summed E-state index contributed by atoms with van der Waals surface area (Å²) in [7, 11) is 1.88. The minimum atomic E-state index is -0.856. The third kappa shape index (κ3) is 14.2. The number of imidazole rings is 1. The Bertz CT molecular complexity index is 2900. The van der Waals surface area contributed by atoms with Gasteiger partial charge >= 0.3 is 0 Å². The normalized spacial score (nSPS) is 17.5. The zero-order valence-corrected chi connectivity index (χ0v) is 44.4. The maximum atomic E-state index is 14.0. The monoisotopic (exact) mass is 1030 g/mol. The highest BCUT2D eigenvalue weighted by atomic mass is 32.1. The van der Waals surface area contributed by atoms with Crippen LogP contribution in [0.2, 0.25) is 0 Å². The van der Waals surface area contributed by atoms with E-state index in [1.165, 1.54) is 4.90 Å². The largest absolute Gasteiger partial charge is 0.391 e. The summed E-state index contributed by atoms with van der Waals surface area (Å²) < 4.78 is 1.78. The summed E-state index contributed by atoms with van der Waals surface area (Å²) in [6.07, 6.45) is 10.4. The molecule has 0 aliphatic carbocycles. The summed E-state index contributed by atoms with van der Waals surface area (Å²) in [6.45, 7) is 11.3. The van der Waals surface area contributed by atoms with Gasteiger partial charge in [-0.05, 0) is 98.0 Å². The van der Waals surface area contributed by atoms with Crippen molar-refractivity contribution in [2.24, 2.45) is 18.4 Å². The van der Waals surface area contributed by atoms with Gasteiger partial charge in [0.25, 0.3) is 5.91 Å². The Kier molecular flexibility index (Phi) is 17.9. The van der Waals surface area contributed by atoms with Gasteiger partial charge in [-0.2, -0.15) is 5.10 Å². The average Bonchev–Trinajstić information content (AvgIpc) is 4.24. The quantitative estimate of drug-likeness (QED) is 0.0342. The lowest BCUT2D eigenvalue weighted by Crippen LogP contribution is -2.57. The first-order valence-corrected chi connectivity index (χ1v) is 27.2. The first-order valence-electron chi connectivity index (χ1n) is 26.3. The Balaban J connectivity index is 0.658. The highest BCUT2D eigenvalue weighted by Gasteiger charge is 2.44. The second-order valence-electron chi connectivity index (χ2n) is 21.4. The second kappa shape index (κ2) is 24.7. The number of β-amino-alcohol motifs (C(OH)–C–C–N with tert-alkyl or cyclic N) is 1. The molecular formula is C56H73N11O6S.